The fraction of sp³-hybridized carbons (Fsp3) is 0.545. The van der Waals surface area contributed by atoms with Crippen molar-refractivity contribution >= 4 is 41.3 Å². The van der Waals surface area contributed by atoms with Gasteiger partial charge in [0.05, 0.1) is 20.2 Å². The molecule has 1 heterocycles. The monoisotopic (exact) mass is 561 g/mol. The molecule has 31 heavy (non-hydrogen) atoms. The third-order valence-electron chi connectivity index (χ3n) is 4.63. The van der Waals surface area contributed by atoms with E-state index in [2.05, 4.69) is 53.2 Å². The van der Waals surface area contributed by atoms with Crippen LogP contribution in [0.1, 0.15) is 36.2 Å². The number of guanidine groups is 1. The molecule has 0 atom stereocenters. The van der Waals surface area contributed by atoms with Crippen molar-refractivity contribution in [3.05, 3.63) is 39.8 Å². The summed E-state index contributed by atoms with van der Waals surface area (Å²) in [6, 6.07) is 5.99. The molecule has 1 aromatic carbocycles. The summed E-state index contributed by atoms with van der Waals surface area (Å²) in [6.45, 7) is 14.0. The first-order valence-electron chi connectivity index (χ1n) is 10.5. The zero-order valence-electron chi connectivity index (χ0n) is 19.2. The average Bonchev–Trinajstić information content (AvgIpc) is 3.18. The Morgan fingerprint density at radius 1 is 1.16 bits per heavy atom. The summed E-state index contributed by atoms with van der Waals surface area (Å²) in [4.78, 5) is 12.6. The standard InChI is InChI=1S/C22H35N5O2S.HI/c1-6-23-22(26-16-21-24-14-17(4)30-21)25-15-18-9-10-19(20(13-18)28-5)29-12-11-27(7-2)8-3;/h9-10,13-14H,6-8,11-12,15-16H2,1-5H3,(H2,23,25,26);1H. The molecule has 0 saturated carbocycles. The first-order valence-corrected chi connectivity index (χ1v) is 11.4. The van der Waals surface area contributed by atoms with Crippen LogP contribution in [0.15, 0.2) is 29.4 Å². The average molecular weight is 562 g/mol. The molecule has 2 aromatic rings. The fourth-order valence-electron chi connectivity index (χ4n) is 2.91. The van der Waals surface area contributed by atoms with E-state index in [-0.39, 0.29) is 24.0 Å². The molecule has 0 aliphatic heterocycles. The Labute approximate surface area is 207 Å². The highest BCUT2D eigenvalue weighted by molar-refractivity contribution is 14.0. The third-order valence-corrected chi connectivity index (χ3v) is 5.54. The van der Waals surface area contributed by atoms with E-state index in [4.69, 9.17) is 9.47 Å². The van der Waals surface area contributed by atoms with Gasteiger partial charge in [-0.2, -0.15) is 0 Å². The Morgan fingerprint density at radius 2 is 1.94 bits per heavy atom. The van der Waals surface area contributed by atoms with Gasteiger partial charge in [0, 0.05) is 24.2 Å². The lowest BCUT2D eigenvalue weighted by Crippen LogP contribution is -2.36. The molecule has 7 nitrogen and oxygen atoms in total. The van der Waals surface area contributed by atoms with Crippen LogP contribution in [0.3, 0.4) is 0 Å². The van der Waals surface area contributed by atoms with Crippen molar-refractivity contribution in [1.29, 1.82) is 0 Å². The molecule has 0 amide bonds. The van der Waals surface area contributed by atoms with Crippen LogP contribution in [0, 0.1) is 6.92 Å². The maximum Gasteiger partial charge on any atom is 0.191 e. The van der Waals surface area contributed by atoms with E-state index < -0.39 is 0 Å². The molecule has 2 N–H and O–H groups in total. The number of likely N-dealkylation sites (N-methyl/N-ethyl adjacent to an activating group) is 1. The predicted octanol–water partition coefficient (Wildman–Crippen LogP) is 4.05. The van der Waals surface area contributed by atoms with Gasteiger partial charge in [-0.05, 0) is 44.6 Å². The lowest BCUT2D eigenvalue weighted by molar-refractivity contribution is 0.217. The molecule has 0 spiro atoms. The highest BCUT2D eigenvalue weighted by Gasteiger charge is 2.08. The minimum atomic E-state index is 0. The summed E-state index contributed by atoms with van der Waals surface area (Å²) in [6.07, 6.45) is 1.89. The predicted molar refractivity (Wildman–Crippen MR) is 140 cm³/mol. The molecule has 0 saturated heterocycles. The minimum absolute atomic E-state index is 0. The van der Waals surface area contributed by atoms with Crippen LogP contribution in [0.25, 0.3) is 0 Å². The fourth-order valence-corrected chi connectivity index (χ4v) is 3.64. The summed E-state index contributed by atoms with van der Waals surface area (Å²) < 4.78 is 11.5. The molecule has 174 valence electrons. The van der Waals surface area contributed by atoms with Gasteiger partial charge in [0.2, 0.25) is 0 Å². The maximum atomic E-state index is 5.94. The second kappa shape index (κ2) is 15.3. The number of rotatable bonds is 12. The smallest absolute Gasteiger partial charge is 0.191 e. The largest absolute Gasteiger partial charge is 0.493 e. The molecule has 0 bridgehead atoms. The molecule has 0 radical (unpaired) electrons. The van der Waals surface area contributed by atoms with E-state index in [1.54, 1.807) is 18.4 Å². The van der Waals surface area contributed by atoms with E-state index in [1.165, 1.54) is 4.88 Å². The molecular formula is C22H36IN5O2S. The Hall–Kier alpha value is -1.59. The van der Waals surface area contributed by atoms with Crippen LogP contribution in [0.2, 0.25) is 0 Å². The SMILES string of the molecule is CCNC(=NCc1ccc(OCCN(CC)CC)c(OC)c1)NCc1ncc(C)s1.I. The second-order valence-corrected chi connectivity index (χ2v) is 8.09. The van der Waals surface area contributed by atoms with Crippen LogP contribution in [0.4, 0.5) is 0 Å². The van der Waals surface area contributed by atoms with Crippen LogP contribution >= 0.6 is 35.3 Å². The summed E-state index contributed by atoms with van der Waals surface area (Å²) in [5.74, 6) is 2.27. The van der Waals surface area contributed by atoms with E-state index >= 15 is 0 Å². The summed E-state index contributed by atoms with van der Waals surface area (Å²) in [5, 5.41) is 7.66. The Morgan fingerprint density at radius 3 is 2.55 bits per heavy atom. The van der Waals surface area contributed by atoms with Crippen molar-refractivity contribution in [3.63, 3.8) is 0 Å². The number of aliphatic imine (C=N–C) groups is 1. The Kier molecular flexibility index (Phi) is 13.5. The lowest BCUT2D eigenvalue weighted by Gasteiger charge is -2.19. The lowest BCUT2D eigenvalue weighted by atomic mass is 10.2. The summed E-state index contributed by atoms with van der Waals surface area (Å²) >= 11 is 1.69. The van der Waals surface area contributed by atoms with Crippen molar-refractivity contribution in [2.75, 3.05) is 39.9 Å². The van der Waals surface area contributed by atoms with E-state index in [1.807, 2.05) is 24.4 Å². The number of nitrogens with zero attached hydrogens (tertiary/aromatic N) is 3. The number of thiazole rings is 1. The number of nitrogens with one attached hydrogen (secondary N) is 2. The van der Waals surface area contributed by atoms with Crippen molar-refractivity contribution < 1.29 is 9.47 Å². The molecule has 2 rings (SSSR count). The van der Waals surface area contributed by atoms with Gasteiger partial charge in [0.15, 0.2) is 17.5 Å². The van der Waals surface area contributed by atoms with Gasteiger partial charge < -0.3 is 25.0 Å². The number of hydrogen-bond donors (Lipinski definition) is 2. The van der Waals surface area contributed by atoms with E-state index in [0.717, 1.165) is 54.2 Å². The zero-order valence-corrected chi connectivity index (χ0v) is 22.4. The normalized spacial score (nSPS) is 11.2. The van der Waals surface area contributed by atoms with Crippen molar-refractivity contribution in [2.45, 2.75) is 40.8 Å². The second-order valence-electron chi connectivity index (χ2n) is 6.77. The molecule has 0 aliphatic rings. The number of ether oxygens (including phenoxy) is 2. The van der Waals surface area contributed by atoms with Gasteiger partial charge in [-0.3, -0.25) is 0 Å². The molecule has 0 aliphatic carbocycles. The molecular weight excluding hydrogens is 525 g/mol. The number of halogens is 1. The van der Waals surface area contributed by atoms with Crippen LogP contribution in [0.5, 0.6) is 11.5 Å². The molecule has 1 aromatic heterocycles. The van der Waals surface area contributed by atoms with Gasteiger partial charge in [-0.25, -0.2) is 9.98 Å². The summed E-state index contributed by atoms with van der Waals surface area (Å²) in [7, 11) is 1.67. The van der Waals surface area contributed by atoms with Gasteiger partial charge in [0.1, 0.15) is 11.6 Å². The third kappa shape index (κ3) is 9.61. The highest BCUT2D eigenvalue weighted by atomic mass is 127. The number of aromatic nitrogens is 1. The van der Waals surface area contributed by atoms with Gasteiger partial charge in [-0.1, -0.05) is 19.9 Å². The van der Waals surface area contributed by atoms with Gasteiger partial charge in [-0.15, -0.1) is 35.3 Å². The molecule has 9 heteroatoms. The van der Waals surface area contributed by atoms with Gasteiger partial charge in [0.25, 0.3) is 0 Å². The Balaban J connectivity index is 0.00000480. The first kappa shape index (κ1) is 27.4. The number of hydrogen-bond acceptors (Lipinski definition) is 6. The van der Waals surface area contributed by atoms with Crippen molar-refractivity contribution in [2.24, 2.45) is 4.99 Å². The highest BCUT2D eigenvalue weighted by Crippen LogP contribution is 2.28. The number of benzene rings is 1. The quantitative estimate of drug-likeness (QED) is 0.232. The zero-order chi connectivity index (χ0) is 21.8. The summed E-state index contributed by atoms with van der Waals surface area (Å²) in [5.41, 5.74) is 1.06. The van der Waals surface area contributed by atoms with E-state index in [9.17, 15) is 0 Å². The topological polar surface area (TPSA) is 71.0 Å². The Bertz CT molecular complexity index is 796. The number of methoxy groups -OCH3 is 1. The van der Waals surface area contributed by atoms with Crippen molar-refractivity contribution in [3.8, 4) is 11.5 Å². The van der Waals surface area contributed by atoms with Crippen LogP contribution in [-0.2, 0) is 13.1 Å². The van der Waals surface area contributed by atoms with Gasteiger partial charge >= 0.3 is 0 Å². The van der Waals surface area contributed by atoms with Crippen molar-refractivity contribution in [1.82, 2.24) is 20.5 Å². The molecule has 0 fully saturated rings. The minimum Gasteiger partial charge on any atom is -0.493 e. The maximum absolute atomic E-state index is 5.94. The number of aryl methyl sites for hydroxylation is 1. The van der Waals surface area contributed by atoms with Crippen LogP contribution in [-0.4, -0.2) is 55.7 Å². The first-order chi connectivity index (χ1) is 14.6. The van der Waals surface area contributed by atoms with Crippen LogP contribution < -0.4 is 20.1 Å². The molecule has 0 unspecified atom stereocenters. The van der Waals surface area contributed by atoms with E-state index in [0.29, 0.717) is 19.7 Å².